The highest BCUT2D eigenvalue weighted by Gasteiger charge is 2.25. The topological polar surface area (TPSA) is 57.5 Å². The first-order valence-electron chi connectivity index (χ1n) is 5.67. The smallest absolute Gasteiger partial charge is 0.315 e. The molecule has 18 heavy (non-hydrogen) atoms. The number of phenolic OH excluding ortho intramolecular Hbond substituents is 1. The Balaban J connectivity index is 2.58. The summed E-state index contributed by atoms with van der Waals surface area (Å²) in [6, 6.07) is 13.9. The normalized spacial score (nSPS) is 12.1. The second-order valence-electron chi connectivity index (χ2n) is 4.19. The number of carbonyl (C=O) groups is 1. The first kappa shape index (κ1) is 12.2. The largest absolute Gasteiger partial charge is 0.508 e. The highest BCUT2D eigenvalue weighted by molar-refractivity contribution is 5.82. The molecule has 0 radical (unpaired) electrons. The van der Waals surface area contributed by atoms with Crippen molar-refractivity contribution in [3.63, 3.8) is 0 Å². The number of aliphatic carboxylic acids is 1. The van der Waals surface area contributed by atoms with Crippen LogP contribution < -0.4 is 0 Å². The summed E-state index contributed by atoms with van der Waals surface area (Å²) in [5.41, 5.74) is 2.01. The summed E-state index contributed by atoms with van der Waals surface area (Å²) in [7, 11) is 0. The summed E-state index contributed by atoms with van der Waals surface area (Å²) in [5, 5.41) is 19.2. The standard InChI is InChI=1S/C15H14O3/c1-10-6-2-3-7-11(10)14(15(17)18)12-8-4-5-9-13(12)16/h2-9,14,16H,1H3,(H,17,18). The molecule has 0 aliphatic rings. The Bertz CT molecular complexity index is 530. The van der Waals surface area contributed by atoms with Crippen molar-refractivity contribution in [3.05, 3.63) is 65.2 Å². The summed E-state index contributed by atoms with van der Waals surface area (Å²) < 4.78 is 0. The number of benzene rings is 2. The molecule has 0 amide bonds. The van der Waals surface area contributed by atoms with Crippen LogP contribution in [0.1, 0.15) is 22.6 Å². The van der Waals surface area contributed by atoms with E-state index in [1.807, 2.05) is 19.1 Å². The average molecular weight is 242 g/mol. The van der Waals surface area contributed by atoms with Crippen molar-refractivity contribution in [2.45, 2.75) is 12.8 Å². The van der Waals surface area contributed by atoms with Crippen LogP contribution in [-0.4, -0.2) is 16.2 Å². The van der Waals surface area contributed by atoms with Crippen LogP contribution in [0.15, 0.2) is 48.5 Å². The summed E-state index contributed by atoms with van der Waals surface area (Å²) in [6.07, 6.45) is 0. The van der Waals surface area contributed by atoms with Gasteiger partial charge in [0, 0.05) is 5.56 Å². The highest BCUT2D eigenvalue weighted by Crippen LogP contribution is 2.32. The molecule has 0 heterocycles. The zero-order valence-corrected chi connectivity index (χ0v) is 10.00. The molecular formula is C15H14O3. The Hall–Kier alpha value is -2.29. The zero-order chi connectivity index (χ0) is 13.1. The van der Waals surface area contributed by atoms with E-state index in [1.54, 1.807) is 30.3 Å². The van der Waals surface area contributed by atoms with E-state index >= 15 is 0 Å². The molecule has 0 saturated carbocycles. The lowest BCUT2D eigenvalue weighted by molar-refractivity contribution is -0.137. The molecule has 92 valence electrons. The Kier molecular flexibility index (Phi) is 3.33. The van der Waals surface area contributed by atoms with Gasteiger partial charge in [-0.25, -0.2) is 0 Å². The van der Waals surface area contributed by atoms with E-state index in [-0.39, 0.29) is 5.75 Å². The first-order chi connectivity index (χ1) is 8.61. The molecular weight excluding hydrogens is 228 g/mol. The second kappa shape index (κ2) is 4.92. The second-order valence-corrected chi connectivity index (χ2v) is 4.19. The lowest BCUT2D eigenvalue weighted by atomic mass is 9.88. The van der Waals surface area contributed by atoms with Crippen molar-refractivity contribution in [2.24, 2.45) is 0 Å². The van der Waals surface area contributed by atoms with Crippen LogP contribution in [0.5, 0.6) is 5.75 Å². The molecule has 0 spiro atoms. The summed E-state index contributed by atoms with van der Waals surface area (Å²) in [5.74, 6) is -1.80. The van der Waals surface area contributed by atoms with Crippen LogP contribution in [0.2, 0.25) is 0 Å². The van der Waals surface area contributed by atoms with Gasteiger partial charge in [0.2, 0.25) is 0 Å². The summed E-state index contributed by atoms with van der Waals surface area (Å²) >= 11 is 0. The van der Waals surface area contributed by atoms with Gasteiger partial charge in [-0.1, -0.05) is 42.5 Å². The molecule has 0 aromatic heterocycles. The van der Waals surface area contributed by atoms with Gasteiger partial charge in [0.25, 0.3) is 0 Å². The van der Waals surface area contributed by atoms with Crippen LogP contribution in [0, 0.1) is 6.92 Å². The van der Waals surface area contributed by atoms with Gasteiger partial charge in [-0.15, -0.1) is 0 Å². The minimum absolute atomic E-state index is 0.00755. The number of hydrogen-bond acceptors (Lipinski definition) is 2. The number of aromatic hydroxyl groups is 1. The highest BCUT2D eigenvalue weighted by atomic mass is 16.4. The lowest BCUT2D eigenvalue weighted by Gasteiger charge is -2.16. The molecule has 2 aromatic carbocycles. The minimum atomic E-state index is -0.967. The molecule has 2 aromatic rings. The van der Waals surface area contributed by atoms with Gasteiger partial charge in [0.05, 0.1) is 0 Å². The van der Waals surface area contributed by atoms with Gasteiger partial charge in [-0.3, -0.25) is 4.79 Å². The maximum absolute atomic E-state index is 11.5. The molecule has 0 aliphatic heterocycles. The summed E-state index contributed by atoms with van der Waals surface area (Å²) in [4.78, 5) is 11.5. The third-order valence-corrected chi connectivity index (χ3v) is 2.99. The fraction of sp³-hybridized carbons (Fsp3) is 0.133. The van der Waals surface area contributed by atoms with Crippen molar-refractivity contribution in [1.82, 2.24) is 0 Å². The fourth-order valence-electron chi connectivity index (χ4n) is 2.08. The maximum Gasteiger partial charge on any atom is 0.315 e. The number of carboxylic acids is 1. The number of phenols is 1. The Morgan fingerprint density at radius 3 is 2.11 bits per heavy atom. The number of hydrogen-bond donors (Lipinski definition) is 2. The Morgan fingerprint density at radius 2 is 1.56 bits per heavy atom. The lowest BCUT2D eigenvalue weighted by Crippen LogP contribution is -2.14. The predicted octanol–water partition coefficient (Wildman–Crippen LogP) is 2.92. The van der Waals surface area contributed by atoms with Crippen LogP contribution in [-0.2, 0) is 4.79 Å². The molecule has 1 unspecified atom stereocenters. The van der Waals surface area contributed by atoms with Crippen LogP contribution in [0.25, 0.3) is 0 Å². The van der Waals surface area contributed by atoms with E-state index in [0.29, 0.717) is 11.1 Å². The van der Waals surface area contributed by atoms with Gasteiger partial charge >= 0.3 is 5.97 Å². The third-order valence-electron chi connectivity index (χ3n) is 2.99. The van der Waals surface area contributed by atoms with Gasteiger partial charge in [-0.2, -0.15) is 0 Å². The Morgan fingerprint density at radius 1 is 1.00 bits per heavy atom. The van der Waals surface area contributed by atoms with Crippen molar-refractivity contribution in [3.8, 4) is 5.75 Å². The third kappa shape index (κ3) is 2.20. The minimum Gasteiger partial charge on any atom is -0.508 e. The van der Waals surface area contributed by atoms with Crippen LogP contribution in [0.4, 0.5) is 0 Å². The van der Waals surface area contributed by atoms with E-state index in [9.17, 15) is 15.0 Å². The van der Waals surface area contributed by atoms with Crippen molar-refractivity contribution >= 4 is 5.97 Å². The van der Waals surface area contributed by atoms with E-state index in [2.05, 4.69) is 0 Å². The zero-order valence-electron chi connectivity index (χ0n) is 10.00. The average Bonchev–Trinajstić information content (AvgIpc) is 2.34. The predicted molar refractivity (Wildman–Crippen MR) is 68.8 cm³/mol. The van der Waals surface area contributed by atoms with Crippen LogP contribution >= 0.6 is 0 Å². The summed E-state index contributed by atoms with van der Waals surface area (Å²) in [6.45, 7) is 1.87. The number of carboxylic acid groups (broad SMARTS) is 1. The van der Waals surface area contributed by atoms with Gasteiger partial charge in [0.15, 0.2) is 0 Å². The van der Waals surface area contributed by atoms with Gasteiger partial charge in [0.1, 0.15) is 11.7 Å². The molecule has 3 heteroatoms. The monoisotopic (exact) mass is 242 g/mol. The van der Waals surface area contributed by atoms with E-state index in [0.717, 1.165) is 5.56 Å². The molecule has 3 nitrogen and oxygen atoms in total. The fourth-order valence-corrected chi connectivity index (χ4v) is 2.08. The van der Waals surface area contributed by atoms with Crippen molar-refractivity contribution in [2.75, 3.05) is 0 Å². The molecule has 0 fully saturated rings. The molecule has 0 aliphatic carbocycles. The SMILES string of the molecule is Cc1ccccc1C(C(=O)O)c1ccccc1O. The van der Waals surface area contributed by atoms with Gasteiger partial charge in [-0.05, 0) is 24.1 Å². The molecule has 0 bridgehead atoms. The van der Waals surface area contributed by atoms with Crippen LogP contribution in [0.3, 0.4) is 0 Å². The van der Waals surface area contributed by atoms with Gasteiger partial charge < -0.3 is 10.2 Å². The number of para-hydroxylation sites is 1. The Labute approximate surface area is 105 Å². The molecule has 2 N–H and O–H groups in total. The quantitative estimate of drug-likeness (QED) is 0.870. The number of aryl methyl sites for hydroxylation is 1. The maximum atomic E-state index is 11.5. The molecule has 1 atom stereocenters. The van der Waals surface area contributed by atoms with E-state index in [4.69, 9.17) is 0 Å². The molecule has 0 saturated heterocycles. The van der Waals surface area contributed by atoms with Crippen molar-refractivity contribution in [1.29, 1.82) is 0 Å². The van der Waals surface area contributed by atoms with E-state index in [1.165, 1.54) is 6.07 Å². The number of rotatable bonds is 3. The van der Waals surface area contributed by atoms with Crippen molar-refractivity contribution < 1.29 is 15.0 Å². The first-order valence-corrected chi connectivity index (χ1v) is 5.67. The van der Waals surface area contributed by atoms with E-state index < -0.39 is 11.9 Å². The molecule has 2 rings (SSSR count).